The zero-order valence-corrected chi connectivity index (χ0v) is 51.4. The molecular weight excluding hydrogens is 1240 g/mol. The van der Waals surface area contributed by atoms with Crippen molar-refractivity contribution in [3.8, 4) is 21.1 Å². The topological polar surface area (TPSA) is 214 Å². The predicted octanol–water partition coefficient (Wildman–Crippen LogP) is 13.5. The van der Waals surface area contributed by atoms with Crippen molar-refractivity contribution in [3.63, 3.8) is 0 Å². The summed E-state index contributed by atoms with van der Waals surface area (Å²) in [5, 5.41) is 26.9. The van der Waals surface area contributed by atoms with Gasteiger partial charge in [0.05, 0.1) is 41.7 Å². The monoisotopic (exact) mass is 1300 g/mol. The second-order valence-electron chi connectivity index (χ2n) is 22.1. The van der Waals surface area contributed by atoms with E-state index < -0.39 is 70.1 Å². The van der Waals surface area contributed by atoms with E-state index in [1.54, 1.807) is 94.0 Å². The van der Waals surface area contributed by atoms with E-state index in [0.717, 1.165) is 30.5 Å². The minimum absolute atomic E-state index is 0.0231. The van der Waals surface area contributed by atoms with Crippen molar-refractivity contribution in [2.24, 2.45) is 0 Å². The van der Waals surface area contributed by atoms with E-state index in [9.17, 15) is 41.1 Å². The summed E-state index contributed by atoms with van der Waals surface area (Å²) < 4.78 is 94.9. The molecule has 18 nitrogen and oxygen atoms in total. The lowest BCUT2D eigenvalue weighted by Crippen LogP contribution is -2.49. The number of H-pyrrole nitrogens is 1. The Morgan fingerprint density at radius 2 is 1.09 bits per heavy atom. The van der Waals surface area contributed by atoms with Crippen molar-refractivity contribution < 1.29 is 55.0 Å². The summed E-state index contributed by atoms with van der Waals surface area (Å²) >= 11 is 5.57. The standard InChI is InChI=1S/C30H31F3N6O3S.C23H27FN6O3S.C7H5BrF2/c1-30(2,3)42-29(41)35-20-8-6-12-38(16-20)26-22(32)10-5-11-23(26)36-27(40)24-17-43-28(37-24)19-13-34-39(15-19)14-18-7-4-9-21(31)25(18)33;1-23(2,3)33-22(32)27-15-6-5-9-30(12-15)19-16(24)7-4-8-17(19)28-20(31)18-13-34-21(29-18)14-10-25-26-11-14;8-4-5-2-1-3-6(9)7(5)10/h4-5,7,9-11,13,15,17,20H,6,8,12,14,16H2,1-3H3,(H,35,41)(H,36,40);4,7-8,10-11,13,15H,5-6,9,12H2,1-3H3,(H,25,26)(H,27,32)(H,28,31);1-3H,4H2/t20-;15-;/m11./s1. The van der Waals surface area contributed by atoms with E-state index in [4.69, 9.17) is 9.47 Å². The number of aromatic nitrogens is 6. The molecule has 6 heterocycles. The van der Waals surface area contributed by atoms with E-state index in [2.05, 4.69) is 62.5 Å². The number of carbonyl (C=O) groups excluding carboxylic acids is 4. The van der Waals surface area contributed by atoms with Gasteiger partial charge >= 0.3 is 12.2 Å². The quantitative estimate of drug-likeness (QED) is 0.0539. The van der Waals surface area contributed by atoms with Crippen LogP contribution in [0.1, 0.15) is 99.3 Å². The van der Waals surface area contributed by atoms with Crippen LogP contribution >= 0.6 is 38.6 Å². The number of para-hydroxylation sites is 2. The zero-order valence-electron chi connectivity index (χ0n) is 48.2. The maximum absolute atomic E-state index is 15.2. The van der Waals surface area contributed by atoms with Gasteiger partial charge in [-0.3, -0.25) is 19.4 Å². The van der Waals surface area contributed by atoms with Crippen LogP contribution in [0.2, 0.25) is 0 Å². The van der Waals surface area contributed by atoms with Crippen LogP contribution < -0.4 is 31.1 Å². The summed E-state index contributed by atoms with van der Waals surface area (Å²) in [6, 6.07) is 16.6. The molecule has 0 spiro atoms. The molecule has 4 aromatic heterocycles. The minimum Gasteiger partial charge on any atom is -0.444 e. The van der Waals surface area contributed by atoms with Gasteiger partial charge in [0.2, 0.25) is 0 Å². The molecule has 460 valence electrons. The number of alkyl halides is 1. The highest BCUT2D eigenvalue weighted by molar-refractivity contribution is 9.08. The van der Waals surface area contributed by atoms with Crippen molar-refractivity contribution in [2.45, 2.75) is 102 Å². The molecule has 2 aliphatic heterocycles. The van der Waals surface area contributed by atoms with E-state index >= 15 is 4.39 Å². The van der Waals surface area contributed by atoms with E-state index in [1.165, 1.54) is 76.0 Å². The number of ether oxygens (including phenoxy) is 2. The van der Waals surface area contributed by atoms with Crippen molar-refractivity contribution in [1.82, 2.24) is 40.6 Å². The van der Waals surface area contributed by atoms with Crippen LogP contribution in [0.5, 0.6) is 0 Å². The first kappa shape index (κ1) is 64.7. The summed E-state index contributed by atoms with van der Waals surface area (Å²) in [6.45, 7) is 12.6. The largest absolute Gasteiger partial charge is 0.444 e. The highest BCUT2D eigenvalue weighted by Crippen LogP contribution is 2.35. The van der Waals surface area contributed by atoms with Crippen LogP contribution in [-0.4, -0.2) is 103 Å². The SMILES string of the molecule is CC(C)(C)OC(=O)N[C@@H]1CCCN(c2c(F)cccc2NC(=O)c2csc(-c3cn[nH]c3)n2)C1.CC(C)(C)OC(=O)N[C@@H]1CCCN(c2c(F)cccc2NC(=O)c2csc(-c3cnn(Cc4cccc(F)c4F)c3)n2)C1.Fc1cccc(CBr)c1F. The molecule has 0 unspecified atom stereocenters. The summed E-state index contributed by atoms with van der Waals surface area (Å²) in [4.78, 5) is 63.0. The zero-order chi connectivity index (χ0) is 62.6. The van der Waals surface area contributed by atoms with Crippen molar-refractivity contribution in [3.05, 3.63) is 166 Å². The molecule has 4 aromatic carbocycles. The predicted molar refractivity (Wildman–Crippen MR) is 325 cm³/mol. The van der Waals surface area contributed by atoms with Gasteiger partial charge in [-0.1, -0.05) is 52.3 Å². The number of aromatic amines is 1. The number of thiazole rings is 2. The Kier molecular flexibility index (Phi) is 21.5. The fourth-order valence-electron chi connectivity index (χ4n) is 9.24. The number of anilines is 4. The molecule has 27 heteroatoms. The molecule has 0 aliphatic carbocycles. The summed E-state index contributed by atoms with van der Waals surface area (Å²) in [6.07, 6.45) is 8.37. The van der Waals surface area contributed by atoms with E-state index in [1.807, 2.05) is 4.90 Å². The number of piperidine rings is 2. The Labute approximate surface area is 514 Å². The van der Waals surface area contributed by atoms with Crippen molar-refractivity contribution in [2.75, 3.05) is 46.6 Å². The Hall–Kier alpha value is -8.30. The number of halogens is 7. The molecule has 2 saturated heterocycles. The summed E-state index contributed by atoms with van der Waals surface area (Å²) in [5.41, 5.74) is 2.15. The number of amides is 4. The van der Waals surface area contributed by atoms with Gasteiger partial charge < -0.3 is 40.5 Å². The summed E-state index contributed by atoms with van der Waals surface area (Å²) in [7, 11) is 0. The average Bonchev–Trinajstić information content (AvgIpc) is 4.48. The molecule has 2 atom stereocenters. The number of rotatable bonds is 13. The normalized spacial score (nSPS) is 15.0. The lowest BCUT2D eigenvalue weighted by molar-refractivity contribution is 0.0488. The second kappa shape index (κ2) is 28.9. The van der Waals surface area contributed by atoms with Crippen LogP contribution in [-0.2, 0) is 21.3 Å². The van der Waals surface area contributed by atoms with Crippen LogP contribution in [0.15, 0.2) is 108 Å². The number of nitrogens with one attached hydrogen (secondary N) is 5. The van der Waals surface area contributed by atoms with E-state index in [0.29, 0.717) is 71.2 Å². The van der Waals surface area contributed by atoms with Gasteiger partial charge in [-0.05, 0) is 104 Å². The molecule has 0 saturated carbocycles. The van der Waals surface area contributed by atoms with Crippen LogP contribution in [0.25, 0.3) is 21.1 Å². The Morgan fingerprint density at radius 1 is 0.632 bits per heavy atom. The Bertz CT molecular complexity index is 3690. The van der Waals surface area contributed by atoms with Gasteiger partial charge in [0, 0.05) is 89.0 Å². The molecule has 10 rings (SSSR count). The number of nitrogens with zero attached hydrogens (tertiary/aromatic N) is 7. The lowest BCUT2D eigenvalue weighted by atomic mass is 10.0. The maximum atomic E-state index is 15.2. The molecule has 0 radical (unpaired) electrons. The molecular formula is C60H63BrF6N12O6S2. The third-order valence-corrected chi connectivity index (χ3v) is 15.4. The maximum Gasteiger partial charge on any atom is 0.407 e. The molecule has 2 fully saturated rings. The fourth-order valence-corrected chi connectivity index (χ4v) is 11.2. The van der Waals surface area contributed by atoms with Crippen molar-refractivity contribution >= 4 is 85.4 Å². The highest BCUT2D eigenvalue weighted by atomic mass is 79.9. The smallest absolute Gasteiger partial charge is 0.407 e. The lowest BCUT2D eigenvalue weighted by Gasteiger charge is -2.36. The first-order valence-electron chi connectivity index (χ1n) is 27.4. The van der Waals surface area contributed by atoms with Gasteiger partial charge in [-0.25, -0.2) is 45.9 Å². The van der Waals surface area contributed by atoms with Crippen LogP contribution in [0.4, 0.5) is 58.7 Å². The van der Waals surface area contributed by atoms with E-state index in [-0.39, 0.29) is 52.6 Å². The molecule has 87 heavy (non-hydrogen) atoms. The Morgan fingerprint density at radius 3 is 1.55 bits per heavy atom. The third-order valence-electron chi connectivity index (χ3n) is 13.0. The minimum atomic E-state index is -0.931. The van der Waals surface area contributed by atoms with Crippen molar-refractivity contribution in [1.29, 1.82) is 0 Å². The first-order chi connectivity index (χ1) is 41.4. The second-order valence-corrected chi connectivity index (χ2v) is 24.4. The summed E-state index contributed by atoms with van der Waals surface area (Å²) in [5.74, 6) is -5.33. The van der Waals surface area contributed by atoms with Crippen LogP contribution in [0, 0.1) is 34.9 Å². The number of hydrogen-bond donors (Lipinski definition) is 5. The molecule has 0 bridgehead atoms. The number of benzene rings is 4. The Balaban J connectivity index is 0.000000198. The number of alkyl carbamates (subject to hydrolysis) is 2. The number of hydrogen-bond acceptors (Lipinski definition) is 14. The highest BCUT2D eigenvalue weighted by Gasteiger charge is 2.30. The molecule has 4 amide bonds. The average molecular weight is 1310 g/mol. The fraction of sp³-hybridized carbons (Fsp3) is 0.333. The third kappa shape index (κ3) is 17.9. The van der Waals surface area contributed by atoms with Gasteiger partial charge in [0.25, 0.3) is 11.8 Å². The van der Waals surface area contributed by atoms with Gasteiger partial charge in [0.15, 0.2) is 23.3 Å². The molecule has 5 N–H and O–H groups in total. The van der Waals surface area contributed by atoms with Gasteiger partial charge in [-0.15, -0.1) is 22.7 Å². The molecule has 2 aliphatic rings. The molecule has 8 aromatic rings. The van der Waals surface area contributed by atoms with Gasteiger partial charge in [0.1, 0.15) is 44.2 Å². The van der Waals surface area contributed by atoms with Gasteiger partial charge in [-0.2, -0.15) is 10.2 Å². The number of carbonyl (C=O) groups is 4. The first-order valence-corrected chi connectivity index (χ1v) is 30.3. The van der Waals surface area contributed by atoms with Crippen LogP contribution in [0.3, 0.4) is 0 Å².